The van der Waals surface area contributed by atoms with Gasteiger partial charge in [-0.25, -0.2) is 0 Å². The molecule has 3 nitrogen and oxygen atoms in total. The Bertz CT molecular complexity index is 344. The molecular formula is C10H12ClN3. The van der Waals surface area contributed by atoms with Gasteiger partial charge < -0.3 is 11.1 Å². The van der Waals surface area contributed by atoms with Crippen molar-refractivity contribution in [3.8, 4) is 6.07 Å². The van der Waals surface area contributed by atoms with E-state index in [0.29, 0.717) is 17.1 Å². The molecule has 14 heavy (non-hydrogen) atoms. The summed E-state index contributed by atoms with van der Waals surface area (Å²) in [6, 6.07) is 7.20. The molecule has 0 heterocycles. The molecule has 1 aromatic carbocycles. The predicted molar refractivity (Wildman–Crippen MR) is 58.3 cm³/mol. The second-order valence-electron chi connectivity index (χ2n) is 2.88. The van der Waals surface area contributed by atoms with Gasteiger partial charge in [0.15, 0.2) is 0 Å². The van der Waals surface area contributed by atoms with Gasteiger partial charge in [-0.15, -0.1) is 0 Å². The van der Waals surface area contributed by atoms with Crippen molar-refractivity contribution in [1.82, 2.24) is 0 Å². The highest BCUT2D eigenvalue weighted by molar-refractivity contribution is 6.33. The molecule has 0 radical (unpaired) electrons. The average Bonchev–Trinajstić information content (AvgIpc) is 2.21. The Morgan fingerprint density at radius 2 is 2.29 bits per heavy atom. The first-order chi connectivity index (χ1) is 6.77. The van der Waals surface area contributed by atoms with Crippen molar-refractivity contribution in [2.45, 2.75) is 6.42 Å². The van der Waals surface area contributed by atoms with Crippen molar-refractivity contribution in [3.05, 3.63) is 28.8 Å². The van der Waals surface area contributed by atoms with Gasteiger partial charge in [0.05, 0.1) is 22.3 Å². The molecule has 0 aliphatic carbocycles. The molecule has 0 amide bonds. The van der Waals surface area contributed by atoms with Crippen LogP contribution in [0, 0.1) is 11.3 Å². The zero-order valence-corrected chi connectivity index (χ0v) is 8.51. The van der Waals surface area contributed by atoms with Crippen LogP contribution in [0.2, 0.25) is 5.02 Å². The standard InChI is InChI=1S/C10H12ClN3/c11-9-3-2-8(7-13)6-10(9)14-5-1-4-12/h2-3,6,14H,1,4-5,12H2. The van der Waals surface area contributed by atoms with Crippen LogP contribution in [-0.2, 0) is 0 Å². The Morgan fingerprint density at radius 1 is 1.50 bits per heavy atom. The number of nitrogens with one attached hydrogen (secondary N) is 1. The smallest absolute Gasteiger partial charge is 0.0992 e. The van der Waals surface area contributed by atoms with E-state index in [1.807, 2.05) is 0 Å². The number of anilines is 1. The Labute approximate surface area is 88.5 Å². The van der Waals surface area contributed by atoms with E-state index in [9.17, 15) is 0 Å². The van der Waals surface area contributed by atoms with Crippen molar-refractivity contribution >= 4 is 17.3 Å². The Morgan fingerprint density at radius 3 is 2.93 bits per heavy atom. The lowest BCUT2D eigenvalue weighted by atomic mass is 10.2. The summed E-state index contributed by atoms with van der Waals surface area (Å²) in [5, 5.41) is 12.4. The van der Waals surface area contributed by atoms with Crippen LogP contribution in [0.1, 0.15) is 12.0 Å². The summed E-state index contributed by atoms with van der Waals surface area (Å²) in [5.41, 5.74) is 6.75. The van der Waals surface area contributed by atoms with E-state index < -0.39 is 0 Å². The van der Waals surface area contributed by atoms with Gasteiger partial charge >= 0.3 is 0 Å². The van der Waals surface area contributed by atoms with Crippen LogP contribution in [-0.4, -0.2) is 13.1 Å². The van der Waals surface area contributed by atoms with Gasteiger partial charge in [0, 0.05) is 6.54 Å². The number of benzene rings is 1. The topological polar surface area (TPSA) is 61.8 Å². The summed E-state index contributed by atoms with van der Waals surface area (Å²) in [6.07, 6.45) is 0.882. The van der Waals surface area contributed by atoms with E-state index in [4.69, 9.17) is 22.6 Å². The summed E-state index contributed by atoms with van der Waals surface area (Å²) in [4.78, 5) is 0. The molecule has 0 aliphatic heterocycles. The molecule has 0 aromatic heterocycles. The Kier molecular flexibility index (Phi) is 4.24. The normalized spacial score (nSPS) is 9.50. The predicted octanol–water partition coefficient (Wildman–Crippen LogP) is 1.97. The zero-order valence-electron chi connectivity index (χ0n) is 7.76. The molecule has 0 bridgehead atoms. The summed E-state index contributed by atoms with van der Waals surface area (Å²) in [7, 11) is 0. The SMILES string of the molecule is N#Cc1ccc(Cl)c(NCCCN)c1. The molecule has 0 atom stereocenters. The number of rotatable bonds is 4. The number of nitrogens with two attached hydrogens (primary N) is 1. The van der Waals surface area contributed by atoms with E-state index in [1.165, 1.54) is 0 Å². The molecule has 3 N–H and O–H groups in total. The third-order valence-electron chi connectivity index (χ3n) is 1.79. The van der Waals surface area contributed by atoms with Gasteiger partial charge in [-0.05, 0) is 31.2 Å². The van der Waals surface area contributed by atoms with E-state index in [-0.39, 0.29) is 0 Å². The van der Waals surface area contributed by atoms with E-state index in [1.54, 1.807) is 18.2 Å². The number of nitrogens with zero attached hydrogens (tertiary/aromatic N) is 1. The molecule has 0 saturated carbocycles. The van der Waals surface area contributed by atoms with E-state index in [2.05, 4.69) is 11.4 Å². The highest BCUT2D eigenvalue weighted by atomic mass is 35.5. The first-order valence-electron chi connectivity index (χ1n) is 4.41. The Balaban J connectivity index is 2.70. The molecule has 0 unspecified atom stereocenters. The summed E-state index contributed by atoms with van der Waals surface area (Å²) < 4.78 is 0. The summed E-state index contributed by atoms with van der Waals surface area (Å²) >= 11 is 5.93. The van der Waals surface area contributed by atoms with E-state index >= 15 is 0 Å². The number of halogens is 1. The Hall–Kier alpha value is -1.24. The van der Waals surface area contributed by atoms with Crippen LogP contribution in [0.25, 0.3) is 0 Å². The lowest BCUT2D eigenvalue weighted by Gasteiger charge is -2.07. The van der Waals surface area contributed by atoms with Crippen LogP contribution in [0.3, 0.4) is 0 Å². The largest absolute Gasteiger partial charge is 0.384 e. The van der Waals surface area contributed by atoms with Crippen molar-refractivity contribution in [2.75, 3.05) is 18.4 Å². The molecule has 0 aliphatic rings. The first-order valence-corrected chi connectivity index (χ1v) is 4.79. The minimum Gasteiger partial charge on any atom is -0.384 e. The lowest BCUT2D eigenvalue weighted by Crippen LogP contribution is -2.08. The quantitative estimate of drug-likeness (QED) is 0.746. The minimum atomic E-state index is 0.602. The number of hydrogen-bond donors (Lipinski definition) is 2. The van der Waals surface area contributed by atoms with Gasteiger partial charge in [-0.1, -0.05) is 11.6 Å². The fourth-order valence-corrected chi connectivity index (χ4v) is 1.24. The molecule has 74 valence electrons. The molecular weight excluding hydrogens is 198 g/mol. The van der Waals surface area contributed by atoms with Crippen molar-refractivity contribution < 1.29 is 0 Å². The van der Waals surface area contributed by atoms with Gasteiger partial charge in [-0.2, -0.15) is 5.26 Å². The third kappa shape index (κ3) is 2.91. The van der Waals surface area contributed by atoms with Crippen LogP contribution >= 0.6 is 11.6 Å². The zero-order chi connectivity index (χ0) is 10.4. The van der Waals surface area contributed by atoms with Gasteiger partial charge in [0.25, 0.3) is 0 Å². The lowest BCUT2D eigenvalue weighted by molar-refractivity contribution is 0.874. The second kappa shape index (κ2) is 5.48. The van der Waals surface area contributed by atoms with Crippen LogP contribution in [0.5, 0.6) is 0 Å². The van der Waals surface area contributed by atoms with Gasteiger partial charge in [0.1, 0.15) is 0 Å². The van der Waals surface area contributed by atoms with E-state index in [0.717, 1.165) is 18.7 Å². The summed E-state index contributed by atoms with van der Waals surface area (Å²) in [5.74, 6) is 0. The molecule has 0 spiro atoms. The second-order valence-corrected chi connectivity index (χ2v) is 3.28. The maximum Gasteiger partial charge on any atom is 0.0992 e. The van der Waals surface area contributed by atoms with Crippen molar-refractivity contribution in [3.63, 3.8) is 0 Å². The van der Waals surface area contributed by atoms with Crippen molar-refractivity contribution in [1.29, 1.82) is 5.26 Å². The van der Waals surface area contributed by atoms with Crippen molar-refractivity contribution in [2.24, 2.45) is 5.73 Å². The monoisotopic (exact) mass is 209 g/mol. The fourth-order valence-electron chi connectivity index (χ4n) is 1.06. The average molecular weight is 210 g/mol. The molecule has 1 aromatic rings. The van der Waals surface area contributed by atoms with Crippen LogP contribution < -0.4 is 11.1 Å². The maximum atomic E-state index is 8.68. The molecule has 0 saturated heterocycles. The molecule has 4 heteroatoms. The number of nitriles is 1. The highest BCUT2D eigenvalue weighted by Crippen LogP contribution is 2.22. The molecule has 1 rings (SSSR count). The van der Waals surface area contributed by atoms with Gasteiger partial charge in [-0.3, -0.25) is 0 Å². The third-order valence-corrected chi connectivity index (χ3v) is 2.12. The van der Waals surface area contributed by atoms with Crippen LogP contribution in [0.15, 0.2) is 18.2 Å². The minimum absolute atomic E-state index is 0.602. The molecule has 0 fully saturated rings. The fraction of sp³-hybridized carbons (Fsp3) is 0.300. The summed E-state index contributed by atoms with van der Waals surface area (Å²) in [6.45, 7) is 1.41. The van der Waals surface area contributed by atoms with Crippen LogP contribution in [0.4, 0.5) is 5.69 Å². The number of hydrogen-bond acceptors (Lipinski definition) is 3. The highest BCUT2D eigenvalue weighted by Gasteiger charge is 2.00. The first kappa shape index (κ1) is 10.8. The maximum absolute atomic E-state index is 8.68. The van der Waals surface area contributed by atoms with Gasteiger partial charge in [0.2, 0.25) is 0 Å².